The van der Waals surface area contributed by atoms with Gasteiger partial charge in [0.25, 0.3) is 0 Å². The average Bonchev–Trinajstić information content (AvgIpc) is 2.11. The molecule has 1 aromatic rings. The van der Waals surface area contributed by atoms with Crippen LogP contribution < -0.4 is 0 Å². The zero-order chi connectivity index (χ0) is 9.84. The maximum absolute atomic E-state index is 8.53. The van der Waals surface area contributed by atoms with Gasteiger partial charge in [-0.2, -0.15) is 5.26 Å². The van der Waals surface area contributed by atoms with Crippen LogP contribution in [0.25, 0.3) is 0 Å². The zero-order valence-electron chi connectivity index (χ0n) is 7.22. The molecule has 0 heterocycles. The Morgan fingerprint density at radius 2 is 2.31 bits per heavy atom. The number of alkyl halides is 1. The Balaban J connectivity index is 2.81. The largest absolute Gasteiger partial charge is 0.197 e. The summed E-state index contributed by atoms with van der Waals surface area (Å²) in [6, 6.07) is 8.01. The molecule has 0 aliphatic heterocycles. The van der Waals surface area contributed by atoms with E-state index < -0.39 is 5.38 Å². The van der Waals surface area contributed by atoms with Crippen molar-refractivity contribution < 1.29 is 0 Å². The Morgan fingerprint density at radius 3 is 2.85 bits per heavy atom. The van der Waals surface area contributed by atoms with Crippen LogP contribution in [0.1, 0.15) is 11.1 Å². The molecule has 0 radical (unpaired) electrons. The highest BCUT2D eigenvalue weighted by molar-refractivity contribution is 9.10. The van der Waals surface area contributed by atoms with Crippen molar-refractivity contribution in [2.75, 3.05) is 0 Å². The lowest BCUT2D eigenvalue weighted by atomic mass is 10.1. The first-order valence-electron chi connectivity index (χ1n) is 3.92. The third-order valence-corrected chi connectivity index (χ3v) is 2.90. The molecule has 1 rings (SSSR count). The van der Waals surface area contributed by atoms with Crippen LogP contribution in [-0.2, 0) is 6.42 Å². The Hall–Kier alpha value is -0.520. The van der Waals surface area contributed by atoms with E-state index in [4.69, 9.17) is 16.9 Å². The van der Waals surface area contributed by atoms with Gasteiger partial charge in [-0.05, 0) is 24.1 Å². The van der Waals surface area contributed by atoms with Crippen LogP contribution in [0, 0.1) is 18.3 Å². The van der Waals surface area contributed by atoms with Gasteiger partial charge in [0.2, 0.25) is 0 Å². The highest BCUT2D eigenvalue weighted by atomic mass is 79.9. The maximum atomic E-state index is 8.53. The molecule has 0 N–H and O–H groups in total. The van der Waals surface area contributed by atoms with Gasteiger partial charge < -0.3 is 0 Å². The van der Waals surface area contributed by atoms with Crippen molar-refractivity contribution >= 4 is 27.5 Å². The van der Waals surface area contributed by atoms with E-state index in [1.165, 1.54) is 5.56 Å². The van der Waals surface area contributed by atoms with E-state index in [1.54, 1.807) is 0 Å². The summed E-state index contributed by atoms with van der Waals surface area (Å²) in [7, 11) is 0. The predicted molar refractivity (Wildman–Crippen MR) is 57.8 cm³/mol. The van der Waals surface area contributed by atoms with Crippen LogP contribution in [0.2, 0.25) is 0 Å². The molecular formula is C10H9BrClN. The molecule has 0 aliphatic carbocycles. The molecule has 1 nitrogen and oxygen atoms in total. The Bertz CT molecular complexity index is 343. The molecule has 13 heavy (non-hydrogen) atoms. The van der Waals surface area contributed by atoms with E-state index in [0.29, 0.717) is 6.42 Å². The van der Waals surface area contributed by atoms with E-state index in [-0.39, 0.29) is 0 Å². The van der Waals surface area contributed by atoms with E-state index in [0.717, 1.165) is 10.0 Å². The lowest BCUT2D eigenvalue weighted by Crippen LogP contribution is -1.99. The summed E-state index contributed by atoms with van der Waals surface area (Å²) in [5, 5.41) is 8.09. The van der Waals surface area contributed by atoms with E-state index in [2.05, 4.69) is 15.9 Å². The minimum absolute atomic E-state index is 0.436. The van der Waals surface area contributed by atoms with Gasteiger partial charge in [0.15, 0.2) is 0 Å². The van der Waals surface area contributed by atoms with Gasteiger partial charge in [0.1, 0.15) is 5.38 Å². The predicted octanol–water partition coefficient (Wildman–Crippen LogP) is 3.43. The second-order valence-corrected chi connectivity index (χ2v) is 4.27. The van der Waals surface area contributed by atoms with E-state index in [9.17, 15) is 0 Å². The molecule has 3 heteroatoms. The van der Waals surface area contributed by atoms with Crippen molar-refractivity contribution in [3.63, 3.8) is 0 Å². The first-order chi connectivity index (χ1) is 6.13. The highest BCUT2D eigenvalue weighted by Gasteiger charge is 2.04. The standard InChI is InChI=1S/C10H9BrClN/c1-7-2-3-8(5-10(7)11)4-9(12)6-13/h2-3,5,9H,4H2,1H3. The summed E-state index contributed by atoms with van der Waals surface area (Å²) in [5.74, 6) is 0. The molecule has 1 atom stereocenters. The van der Waals surface area contributed by atoms with Gasteiger partial charge in [0, 0.05) is 10.9 Å². The summed E-state index contributed by atoms with van der Waals surface area (Å²) in [5.41, 5.74) is 2.27. The Kier molecular flexibility index (Phi) is 3.77. The van der Waals surface area contributed by atoms with Crippen molar-refractivity contribution in [1.82, 2.24) is 0 Å². The SMILES string of the molecule is Cc1ccc(CC(Cl)C#N)cc1Br. The third-order valence-electron chi connectivity index (χ3n) is 1.79. The second kappa shape index (κ2) is 4.64. The average molecular weight is 259 g/mol. The molecule has 0 fully saturated rings. The van der Waals surface area contributed by atoms with Crippen molar-refractivity contribution in [3.05, 3.63) is 33.8 Å². The summed E-state index contributed by atoms with van der Waals surface area (Å²) in [6.45, 7) is 2.02. The highest BCUT2D eigenvalue weighted by Crippen LogP contribution is 2.19. The van der Waals surface area contributed by atoms with Crippen LogP contribution in [0.3, 0.4) is 0 Å². The topological polar surface area (TPSA) is 23.8 Å². The maximum Gasteiger partial charge on any atom is 0.124 e. The second-order valence-electron chi connectivity index (χ2n) is 2.88. The molecule has 0 spiro atoms. The minimum Gasteiger partial charge on any atom is -0.197 e. The summed E-state index contributed by atoms with van der Waals surface area (Å²) in [4.78, 5) is 0. The first-order valence-corrected chi connectivity index (χ1v) is 5.15. The van der Waals surface area contributed by atoms with Gasteiger partial charge in [-0.1, -0.05) is 28.1 Å². The minimum atomic E-state index is -0.436. The van der Waals surface area contributed by atoms with Crippen LogP contribution in [0.15, 0.2) is 22.7 Å². The lowest BCUT2D eigenvalue weighted by molar-refractivity contribution is 1.01. The molecule has 0 saturated heterocycles. The van der Waals surface area contributed by atoms with Crippen molar-refractivity contribution in [2.45, 2.75) is 18.7 Å². The molecule has 0 saturated carbocycles. The van der Waals surface area contributed by atoms with E-state index in [1.807, 2.05) is 31.2 Å². The van der Waals surface area contributed by atoms with Crippen molar-refractivity contribution in [1.29, 1.82) is 5.26 Å². The van der Waals surface area contributed by atoms with Crippen LogP contribution in [-0.4, -0.2) is 5.38 Å². The van der Waals surface area contributed by atoms with Gasteiger partial charge in [-0.25, -0.2) is 0 Å². The number of nitrogens with zero attached hydrogens (tertiary/aromatic N) is 1. The molecule has 0 aliphatic rings. The number of hydrogen-bond acceptors (Lipinski definition) is 1. The van der Waals surface area contributed by atoms with E-state index >= 15 is 0 Å². The molecule has 68 valence electrons. The molecule has 1 unspecified atom stereocenters. The van der Waals surface area contributed by atoms with Crippen LogP contribution in [0.4, 0.5) is 0 Å². The lowest BCUT2D eigenvalue weighted by Gasteiger charge is -2.03. The fourth-order valence-corrected chi connectivity index (χ4v) is 1.62. The van der Waals surface area contributed by atoms with Gasteiger partial charge in [-0.3, -0.25) is 0 Å². The van der Waals surface area contributed by atoms with Gasteiger partial charge in [0.05, 0.1) is 6.07 Å². The van der Waals surface area contributed by atoms with Gasteiger partial charge >= 0.3 is 0 Å². The van der Waals surface area contributed by atoms with Crippen LogP contribution >= 0.6 is 27.5 Å². The van der Waals surface area contributed by atoms with Crippen LogP contribution in [0.5, 0.6) is 0 Å². The smallest absolute Gasteiger partial charge is 0.124 e. The number of aryl methyl sites for hydroxylation is 1. The quantitative estimate of drug-likeness (QED) is 0.746. The van der Waals surface area contributed by atoms with Crippen molar-refractivity contribution in [2.24, 2.45) is 0 Å². The normalized spacial score (nSPS) is 12.2. The molecular weight excluding hydrogens is 249 g/mol. The monoisotopic (exact) mass is 257 g/mol. The summed E-state index contributed by atoms with van der Waals surface area (Å²) >= 11 is 9.15. The number of nitriles is 1. The molecule has 0 amide bonds. The molecule has 1 aromatic carbocycles. The molecule has 0 bridgehead atoms. The fourth-order valence-electron chi connectivity index (χ4n) is 1.02. The van der Waals surface area contributed by atoms with Gasteiger partial charge in [-0.15, -0.1) is 11.6 Å². The third kappa shape index (κ3) is 3.02. The zero-order valence-corrected chi connectivity index (χ0v) is 9.56. The van der Waals surface area contributed by atoms with Crippen molar-refractivity contribution in [3.8, 4) is 6.07 Å². The summed E-state index contributed by atoms with van der Waals surface area (Å²) < 4.78 is 1.06. The first kappa shape index (κ1) is 10.6. The molecule has 0 aromatic heterocycles. The Labute approximate surface area is 91.5 Å². The Morgan fingerprint density at radius 1 is 1.62 bits per heavy atom. The fraction of sp³-hybridized carbons (Fsp3) is 0.300. The number of benzene rings is 1. The number of halogens is 2. The summed E-state index contributed by atoms with van der Waals surface area (Å²) in [6.07, 6.45) is 0.594. The number of hydrogen-bond donors (Lipinski definition) is 0. The number of rotatable bonds is 2.